The van der Waals surface area contributed by atoms with E-state index in [1.54, 1.807) is 0 Å². The van der Waals surface area contributed by atoms with Gasteiger partial charge in [-0.2, -0.15) is 0 Å². The van der Waals surface area contributed by atoms with Crippen molar-refractivity contribution >= 4 is 0 Å². The summed E-state index contributed by atoms with van der Waals surface area (Å²) in [5.74, 6) is -0.753. The lowest BCUT2D eigenvalue weighted by Crippen LogP contribution is -2.43. The van der Waals surface area contributed by atoms with E-state index in [4.69, 9.17) is 0 Å². The summed E-state index contributed by atoms with van der Waals surface area (Å²) >= 11 is 0. The molecule has 1 saturated heterocycles. The Labute approximate surface area is 94.0 Å². The molecule has 1 unspecified atom stereocenters. The lowest BCUT2D eigenvalue weighted by molar-refractivity contribution is 0.381. The Kier molecular flexibility index (Phi) is 3.21. The largest absolute Gasteiger partial charge is 0.315 e. The van der Waals surface area contributed by atoms with Crippen LogP contribution in [-0.2, 0) is 6.54 Å². The summed E-state index contributed by atoms with van der Waals surface area (Å²) in [5.41, 5.74) is 0.367. The van der Waals surface area contributed by atoms with Gasteiger partial charge < -0.3 is 10.6 Å². The minimum Gasteiger partial charge on any atom is -0.315 e. The molecule has 0 aliphatic carbocycles. The monoisotopic (exact) mass is 226 g/mol. The molecule has 0 spiro atoms. The molecule has 0 aromatic heterocycles. The molecule has 1 aliphatic heterocycles. The predicted octanol–water partition coefficient (Wildman–Crippen LogP) is 1.81. The summed E-state index contributed by atoms with van der Waals surface area (Å²) in [6.45, 7) is 4.28. The van der Waals surface area contributed by atoms with E-state index in [0.717, 1.165) is 25.6 Å². The van der Waals surface area contributed by atoms with Crippen LogP contribution in [0.25, 0.3) is 0 Å². The third-order valence-electron chi connectivity index (χ3n) is 3.08. The fourth-order valence-electron chi connectivity index (χ4n) is 1.96. The highest BCUT2D eigenvalue weighted by Crippen LogP contribution is 2.16. The average Bonchev–Trinajstić information content (AvgIpc) is 2.67. The van der Waals surface area contributed by atoms with Crippen LogP contribution >= 0.6 is 0 Å². The quantitative estimate of drug-likeness (QED) is 0.821. The molecule has 16 heavy (non-hydrogen) atoms. The summed E-state index contributed by atoms with van der Waals surface area (Å²) in [5, 5.41) is 6.52. The first kappa shape index (κ1) is 11.5. The van der Waals surface area contributed by atoms with Gasteiger partial charge >= 0.3 is 0 Å². The fourth-order valence-corrected chi connectivity index (χ4v) is 1.96. The van der Waals surface area contributed by atoms with Gasteiger partial charge in [0.05, 0.1) is 0 Å². The molecule has 4 heteroatoms. The van der Waals surface area contributed by atoms with Crippen LogP contribution < -0.4 is 10.6 Å². The SMILES string of the molecule is CC1(NCc2cc(F)ccc2F)CCNC1. The van der Waals surface area contributed by atoms with Gasteiger partial charge in [0, 0.05) is 24.2 Å². The van der Waals surface area contributed by atoms with Crippen molar-refractivity contribution in [2.45, 2.75) is 25.4 Å². The number of benzene rings is 1. The topological polar surface area (TPSA) is 24.1 Å². The van der Waals surface area contributed by atoms with Gasteiger partial charge in [-0.3, -0.25) is 0 Å². The maximum absolute atomic E-state index is 13.3. The smallest absolute Gasteiger partial charge is 0.127 e. The molecular weight excluding hydrogens is 210 g/mol. The highest BCUT2D eigenvalue weighted by Gasteiger charge is 2.27. The van der Waals surface area contributed by atoms with Crippen molar-refractivity contribution in [3.63, 3.8) is 0 Å². The summed E-state index contributed by atoms with van der Waals surface area (Å²) < 4.78 is 26.3. The number of hydrogen-bond donors (Lipinski definition) is 2. The van der Waals surface area contributed by atoms with Crippen LogP contribution in [0, 0.1) is 11.6 Å². The second kappa shape index (κ2) is 4.47. The zero-order chi connectivity index (χ0) is 11.6. The second-order valence-electron chi connectivity index (χ2n) is 4.58. The molecule has 2 nitrogen and oxygen atoms in total. The second-order valence-corrected chi connectivity index (χ2v) is 4.58. The van der Waals surface area contributed by atoms with Crippen LogP contribution in [0.3, 0.4) is 0 Å². The molecule has 2 N–H and O–H groups in total. The molecule has 0 amide bonds. The Morgan fingerprint density at radius 1 is 1.44 bits per heavy atom. The van der Waals surface area contributed by atoms with Gasteiger partial charge in [-0.25, -0.2) is 8.78 Å². The van der Waals surface area contributed by atoms with Crippen LogP contribution in [0.5, 0.6) is 0 Å². The molecule has 0 radical (unpaired) electrons. The summed E-state index contributed by atoms with van der Waals surface area (Å²) in [6, 6.07) is 3.55. The van der Waals surface area contributed by atoms with Gasteiger partial charge in [0.2, 0.25) is 0 Å². The minimum absolute atomic E-state index is 0.0151. The predicted molar refractivity (Wildman–Crippen MR) is 59.1 cm³/mol. The molecule has 1 fully saturated rings. The highest BCUT2D eigenvalue weighted by molar-refractivity contribution is 5.19. The molecule has 88 valence electrons. The van der Waals surface area contributed by atoms with Crippen molar-refractivity contribution in [2.75, 3.05) is 13.1 Å². The molecule has 0 bridgehead atoms. The summed E-state index contributed by atoms with van der Waals surface area (Å²) in [4.78, 5) is 0. The molecule has 1 aromatic rings. The zero-order valence-electron chi connectivity index (χ0n) is 9.32. The molecule has 1 aromatic carbocycles. The molecule has 2 rings (SSSR count). The van der Waals surface area contributed by atoms with Gasteiger partial charge in [-0.05, 0) is 38.1 Å². The lowest BCUT2D eigenvalue weighted by atomic mass is 10.0. The van der Waals surface area contributed by atoms with Crippen molar-refractivity contribution < 1.29 is 8.78 Å². The van der Waals surface area contributed by atoms with E-state index in [1.807, 2.05) is 0 Å². The van der Waals surface area contributed by atoms with Crippen LogP contribution in [0.15, 0.2) is 18.2 Å². The lowest BCUT2D eigenvalue weighted by Gasteiger charge is -2.24. The Bertz CT molecular complexity index is 373. The Morgan fingerprint density at radius 3 is 2.94 bits per heavy atom. The number of halogens is 2. The zero-order valence-corrected chi connectivity index (χ0v) is 9.32. The molecule has 0 saturated carbocycles. The number of nitrogens with one attached hydrogen (secondary N) is 2. The fraction of sp³-hybridized carbons (Fsp3) is 0.500. The molecular formula is C12H16F2N2. The van der Waals surface area contributed by atoms with Crippen molar-refractivity contribution in [2.24, 2.45) is 0 Å². The number of rotatable bonds is 3. The normalized spacial score (nSPS) is 24.9. The molecule has 1 aliphatic rings. The summed E-state index contributed by atoms with van der Waals surface area (Å²) in [6.07, 6.45) is 1.00. The van der Waals surface area contributed by atoms with E-state index in [0.29, 0.717) is 12.1 Å². The first-order valence-electron chi connectivity index (χ1n) is 5.49. The molecule has 1 atom stereocenters. The standard InChI is InChI=1S/C12H16F2N2/c1-12(4-5-15-8-12)16-7-9-6-10(13)2-3-11(9)14/h2-3,6,15-16H,4-5,7-8H2,1H3. The summed E-state index contributed by atoms with van der Waals surface area (Å²) in [7, 11) is 0. The van der Waals surface area contributed by atoms with Crippen LogP contribution in [0.4, 0.5) is 8.78 Å². The van der Waals surface area contributed by atoms with Crippen molar-refractivity contribution in [1.82, 2.24) is 10.6 Å². The van der Waals surface area contributed by atoms with Gasteiger partial charge in [0.1, 0.15) is 11.6 Å². The van der Waals surface area contributed by atoms with E-state index in [9.17, 15) is 8.78 Å². The maximum atomic E-state index is 13.3. The van der Waals surface area contributed by atoms with E-state index >= 15 is 0 Å². The van der Waals surface area contributed by atoms with E-state index in [2.05, 4.69) is 17.6 Å². The van der Waals surface area contributed by atoms with Crippen LogP contribution in [0.1, 0.15) is 18.9 Å². The Hall–Kier alpha value is -1.00. The van der Waals surface area contributed by atoms with Gasteiger partial charge in [-0.1, -0.05) is 0 Å². The van der Waals surface area contributed by atoms with Gasteiger partial charge in [0.25, 0.3) is 0 Å². The average molecular weight is 226 g/mol. The highest BCUT2D eigenvalue weighted by atomic mass is 19.1. The Balaban J connectivity index is 2.01. The minimum atomic E-state index is -0.395. The maximum Gasteiger partial charge on any atom is 0.127 e. The van der Waals surface area contributed by atoms with E-state index < -0.39 is 5.82 Å². The van der Waals surface area contributed by atoms with E-state index in [-0.39, 0.29) is 11.4 Å². The van der Waals surface area contributed by atoms with Crippen molar-refractivity contribution in [1.29, 1.82) is 0 Å². The first-order valence-corrected chi connectivity index (χ1v) is 5.49. The third-order valence-corrected chi connectivity index (χ3v) is 3.08. The van der Waals surface area contributed by atoms with Crippen molar-refractivity contribution in [3.8, 4) is 0 Å². The van der Waals surface area contributed by atoms with Crippen LogP contribution in [0.2, 0.25) is 0 Å². The third kappa shape index (κ3) is 2.57. The Morgan fingerprint density at radius 2 is 2.25 bits per heavy atom. The van der Waals surface area contributed by atoms with Crippen molar-refractivity contribution in [3.05, 3.63) is 35.4 Å². The first-order chi connectivity index (χ1) is 7.59. The van der Waals surface area contributed by atoms with E-state index in [1.165, 1.54) is 12.1 Å². The van der Waals surface area contributed by atoms with Gasteiger partial charge in [-0.15, -0.1) is 0 Å². The number of hydrogen-bond acceptors (Lipinski definition) is 2. The molecule has 1 heterocycles. The van der Waals surface area contributed by atoms with Gasteiger partial charge in [0.15, 0.2) is 0 Å². The van der Waals surface area contributed by atoms with Crippen LogP contribution in [-0.4, -0.2) is 18.6 Å².